The maximum absolute atomic E-state index is 12.1. The maximum Gasteiger partial charge on any atom is 0.259 e. The molecule has 0 radical (unpaired) electrons. The second kappa shape index (κ2) is 5.74. The van der Waals surface area contributed by atoms with Crippen LogP contribution < -0.4 is 15.2 Å². The van der Waals surface area contributed by atoms with Gasteiger partial charge in [0.25, 0.3) is 10.0 Å². The Balaban J connectivity index is 2.13. The summed E-state index contributed by atoms with van der Waals surface area (Å²) in [6, 6.07) is 5.12. The Kier molecular flexibility index (Phi) is 4.19. The van der Waals surface area contributed by atoms with Crippen LogP contribution in [0.15, 0.2) is 29.4 Å². The summed E-state index contributed by atoms with van der Waals surface area (Å²) in [6.45, 7) is 1.87. The first-order valence-electron chi connectivity index (χ1n) is 6.25. The van der Waals surface area contributed by atoms with E-state index in [1.807, 2.05) is 0 Å². The minimum absolute atomic E-state index is 0.00369. The fraction of sp³-hybridized carbons (Fsp3) is 0.308. The number of nitrogens with one attached hydrogen (secondary N) is 1. The number of nitrogen functional groups attached to an aromatic ring is 1. The largest absolute Gasteiger partial charge is 0.495 e. The Bertz CT molecular complexity index is 733. The van der Waals surface area contributed by atoms with E-state index in [4.69, 9.17) is 10.5 Å². The van der Waals surface area contributed by atoms with Gasteiger partial charge in [-0.3, -0.25) is 0 Å². The van der Waals surface area contributed by atoms with Crippen molar-refractivity contribution in [3.05, 3.63) is 35.8 Å². The van der Waals surface area contributed by atoms with Crippen LogP contribution in [0.4, 0.5) is 5.69 Å². The van der Waals surface area contributed by atoms with E-state index in [0.717, 1.165) is 5.56 Å². The first-order chi connectivity index (χ1) is 9.83. The number of ether oxygens (including phenoxy) is 1. The lowest BCUT2D eigenvalue weighted by atomic mass is 10.2. The molecule has 7 nitrogen and oxygen atoms in total. The number of nitrogens with two attached hydrogens (primary N) is 1. The number of aromatic nitrogens is 2. The van der Waals surface area contributed by atoms with Crippen molar-refractivity contribution in [2.75, 3.05) is 12.8 Å². The lowest BCUT2D eigenvalue weighted by Gasteiger charge is -2.08. The molecule has 1 aromatic carbocycles. The van der Waals surface area contributed by atoms with Crippen LogP contribution in [0.25, 0.3) is 0 Å². The summed E-state index contributed by atoms with van der Waals surface area (Å²) in [5, 5.41) is 0.00369. The number of hydrogen-bond donors (Lipinski definition) is 2. The van der Waals surface area contributed by atoms with Gasteiger partial charge in [-0.25, -0.2) is 18.1 Å². The van der Waals surface area contributed by atoms with E-state index in [0.29, 0.717) is 17.3 Å². The quantitative estimate of drug-likeness (QED) is 0.796. The number of sulfonamides is 1. The number of imidazole rings is 1. The van der Waals surface area contributed by atoms with Gasteiger partial charge in [-0.1, -0.05) is 6.07 Å². The third-order valence-corrected chi connectivity index (χ3v) is 4.39. The first kappa shape index (κ1) is 15.3. The second-order valence-corrected chi connectivity index (χ2v) is 6.35. The number of benzene rings is 1. The van der Waals surface area contributed by atoms with Gasteiger partial charge in [0, 0.05) is 19.8 Å². The van der Waals surface area contributed by atoms with Crippen LogP contribution in [0, 0.1) is 6.92 Å². The average molecular weight is 310 g/mol. The first-order valence-corrected chi connectivity index (χ1v) is 7.74. The Morgan fingerprint density at radius 3 is 2.67 bits per heavy atom. The number of methoxy groups -OCH3 is 1. The van der Waals surface area contributed by atoms with Crippen LogP contribution in [0.3, 0.4) is 0 Å². The van der Waals surface area contributed by atoms with E-state index in [1.165, 1.54) is 13.3 Å². The van der Waals surface area contributed by atoms with Gasteiger partial charge >= 0.3 is 0 Å². The van der Waals surface area contributed by atoms with Crippen LogP contribution in [-0.2, 0) is 23.6 Å². The molecule has 0 saturated heterocycles. The van der Waals surface area contributed by atoms with E-state index in [-0.39, 0.29) is 11.6 Å². The normalized spacial score (nSPS) is 11.6. The van der Waals surface area contributed by atoms with Gasteiger partial charge < -0.3 is 15.0 Å². The Morgan fingerprint density at radius 2 is 2.14 bits per heavy atom. The third-order valence-electron chi connectivity index (χ3n) is 3.12. The van der Waals surface area contributed by atoms with Gasteiger partial charge in [-0.15, -0.1) is 0 Å². The second-order valence-electron chi connectivity index (χ2n) is 4.64. The molecular formula is C13H18N4O3S. The highest BCUT2D eigenvalue weighted by Gasteiger charge is 2.18. The molecule has 8 heteroatoms. The van der Waals surface area contributed by atoms with E-state index < -0.39 is 10.0 Å². The van der Waals surface area contributed by atoms with Crippen molar-refractivity contribution in [3.63, 3.8) is 0 Å². The van der Waals surface area contributed by atoms with Crippen molar-refractivity contribution in [2.45, 2.75) is 18.5 Å². The van der Waals surface area contributed by atoms with E-state index in [2.05, 4.69) is 9.71 Å². The number of rotatable bonds is 5. The minimum Gasteiger partial charge on any atom is -0.495 e. The summed E-state index contributed by atoms with van der Waals surface area (Å²) in [7, 11) is -0.376. The summed E-state index contributed by atoms with van der Waals surface area (Å²) < 4.78 is 33.5. The summed E-state index contributed by atoms with van der Waals surface area (Å²) in [6.07, 6.45) is 1.47. The lowest BCUT2D eigenvalue weighted by Crippen LogP contribution is -2.23. The standard InChI is InChI=1S/C13H18N4O3S/c1-9-16-13(8-17(9)2)21(18,19)15-7-10-4-5-12(20-3)11(14)6-10/h4-6,8,15H,7,14H2,1-3H3. The fourth-order valence-electron chi connectivity index (χ4n) is 1.80. The monoisotopic (exact) mass is 310 g/mol. The smallest absolute Gasteiger partial charge is 0.259 e. The van der Waals surface area contributed by atoms with Gasteiger partial charge in [-0.2, -0.15) is 0 Å². The van der Waals surface area contributed by atoms with Crippen molar-refractivity contribution in [3.8, 4) is 5.75 Å². The molecule has 1 aromatic heterocycles. The van der Waals surface area contributed by atoms with E-state index in [1.54, 1.807) is 36.7 Å². The van der Waals surface area contributed by atoms with Gasteiger partial charge in [0.1, 0.15) is 11.6 Å². The van der Waals surface area contributed by atoms with Crippen LogP contribution in [-0.4, -0.2) is 25.1 Å². The molecule has 3 N–H and O–H groups in total. The molecule has 0 unspecified atom stereocenters. The van der Waals surface area contributed by atoms with Gasteiger partial charge in [0.15, 0.2) is 5.03 Å². The van der Waals surface area contributed by atoms with E-state index >= 15 is 0 Å². The maximum atomic E-state index is 12.1. The van der Waals surface area contributed by atoms with Crippen LogP contribution in [0.2, 0.25) is 0 Å². The average Bonchev–Trinajstić information content (AvgIpc) is 2.77. The fourth-order valence-corrected chi connectivity index (χ4v) is 2.86. The summed E-state index contributed by atoms with van der Waals surface area (Å²) in [5.41, 5.74) is 6.99. The molecule has 0 aliphatic heterocycles. The van der Waals surface area contributed by atoms with E-state index in [9.17, 15) is 8.42 Å². The molecule has 0 bridgehead atoms. The summed E-state index contributed by atoms with van der Waals surface area (Å²) in [4.78, 5) is 4.01. The van der Waals surface area contributed by atoms with Crippen molar-refractivity contribution < 1.29 is 13.2 Å². The molecule has 0 saturated carbocycles. The zero-order chi connectivity index (χ0) is 15.6. The third kappa shape index (κ3) is 3.34. The Hall–Kier alpha value is -2.06. The topological polar surface area (TPSA) is 99.2 Å². The highest BCUT2D eigenvalue weighted by atomic mass is 32.2. The Morgan fingerprint density at radius 1 is 1.43 bits per heavy atom. The highest BCUT2D eigenvalue weighted by Crippen LogP contribution is 2.22. The van der Waals surface area contributed by atoms with Crippen LogP contribution in [0.1, 0.15) is 11.4 Å². The molecule has 0 aliphatic carbocycles. The molecule has 21 heavy (non-hydrogen) atoms. The molecule has 0 atom stereocenters. The molecule has 114 valence electrons. The minimum atomic E-state index is -3.64. The van der Waals surface area contributed by atoms with Crippen molar-refractivity contribution in [2.24, 2.45) is 7.05 Å². The van der Waals surface area contributed by atoms with Gasteiger partial charge in [0.05, 0.1) is 12.8 Å². The van der Waals surface area contributed by atoms with Crippen LogP contribution >= 0.6 is 0 Å². The molecule has 2 rings (SSSR count). The van der Waals surface area contributed by atoms with Crippen molar-refractivity contribution in [1.29, 1.82) is 0 Å². The molecule has 0 fully saturated rings. The zero-order valence-electron chi connectivity index (χ0n) is 12.1. The number of nitrogens with zero attached hydrogens (tertiary/aromatic N) is 2. The van der Waals surface area contributed by atoms with Crippen molar-refractivity contribution in [1.82, 2.24) is 14.3 Å². The van der Waals surface area contributed by atoms with Crippen molar-refractivity contribution >= 4 is 15.7 Å². The molecule has 0 amide bonds. The summed E-state index contributed by atoms with van der Waals surface area (Å²) >= 11 is 0. The molecule has 0 spiro atoms. The van der Waals surface area contributed by atoms with Gasteiger partial charge in [0.2, 0.25) is 0 Å². The predicted octanol–water partition coefficient (Wildman–Crippen LogP) is 0.798. The number of aryl methyl sites for hydroxylation is 2. The predicted molar refractivity (Wildman–Crippen MR) is 79.4 cm³/mol. The highest BCUT2D eigenvalue weighted by molar-refractivity contribution is 7.89. The molecule has 2 aromatic rings. The van der Waals surface area contributed by atoms with Gasteiger partial charge in [-0.05, 0) is 24.6 Å². The summed E-state index contributed by atoms with van der Waals surface area (Å²) in [5.74, 6) is 1.19. The molecule has 1 heterocycles. The number of hydrogen-bond acceptors (Lipinski definition) is 5. The number of anilines is 1. The molecular weight excluding hydrogens is 292 g/mol. The van der Waals surface area contributed by atoms with Crippen LogP contribution in [0.5, 0.6) is 5.75 Å². The lowest BCUT2D eigenvalue weighted by molar-refractivity contribution is 0.417. The zero-order valence-corrected chi connectivity index (χ0v) is 12.9. The SMILES string of the molecule is COc1ccc(CNS(=O)(=O)c2cn(C)c(C)n2)cc1N. The molecule has 0 aliphatic rings. The Labute approximate surface area is 123 Å².